The molecule has 2 aromatic rings. The number of amides is 1. The number of benzene rings is 2. The molecule has 0 atom stereocenters. The Morgan fingerprint density at radius 1 is 1.07 bits per heavy atom. The number of hydrogen-bond acceptors (Lipinski definition) is 4. The normalized spacial score (nSPS) is 15.9. The fourth-order valence-electron chi connectivity index (χ4n) is 3.51. The second-order valence-corrected chi connectivity index (χ2v) is 9.81. The molecular formula is C22H29N3O3S. The van der Waals surface area contributed by atoms with Crippen LogP contribution in [0.3, 0.4) is 0 Å². The molecule has 1 saturated heterocycles. The number of aryl methyl sites for hydroxylation is 2. The molecule has 156 valence electrons. The highest BCUT2D eigenvalue weighted by Crippen LogP contribution is 2.27. The molecule has 7 heteroatoms. The minimum atomic E-state index is -3.71. The topological polar surface area (TPSA) is 69.7 Å². The first-order chi connectivity index (χ1) is 13.7. The minimum Gasteiger partial charge on any atom is -0.349 e. The van der Waals surface area contributed by atoms with Crippen LogP contribution in [0.2, 0.25) is 0 Å². The lowest BCUT2D eigenvalue weighted by atomic mass is 10.0. The smallest absolute Gasteiger partial charge is 0.264 e. The Hall–Kier alpha value is -2.38. The van der Waals surface area contributed by atoms with Crippen LogP contribution in [-0.2, 0) is 10.0 Å². The summed E-state index contributed by atoms with van der Waals surface area (Å²) in [5.74, 6) is -0.165. The molecule has 6 nitrogen and oxygen atoms in total. The van der Waals surface area contributed by atoms with E-state index in [1.807, 2.05) is 13.8 Å². The van der Waals surface area contributed by atoms with E-state index in [2.05, 4.69) is 17.3 Å². The summed E-state index contributed by atoms with van der Waals surface area (Å²) in [6, 6.07) is 12.1. The zero-order chi connectivity index (χ0) is 21.2. The van der Waals surface area contributed by atoms with E-state index in [1.54, 1.807) is 42.5 Å². The maximum absolute atomic E-state index is 13.0. The molecule has 1 fully saturated rings. The van der Waals surface area contributed by atoms with Gasteiger partial charge in [0.1, 0.15) is 0 Å². The van der Waals surface area contributed by atoms with Crippen molar-refractivity contribution in [3.05, 3.63) is 59.2 Å². The first-order valence-corrected chi connectivity index (χ1v) is 11.3. The average molecular weight is 416 g/mol. The third-order valence-electron chi connectivity index (χ3n) is 5.54. The molecule has 0 radical (unpaired) electrons. The van der Waals surface area contributed by atoms with Crippen molar-refractivity contribution in [3.8, 4) is 0 Å². The zero-order valence-electron chi connectivity index (χ0n) is 17.5. The van der Waals surface area contributed by atoms with Crippen LogP contribution in [-0.4, -0.2) is 52.5 Å². The number of nitrogens with one attached hydrogen (secondary N) is 1. The minimum absolute atomic E-state index is 0.150. The molecule has 1 heterocycles. The highest BCUT2D eigenvalue weighted by atomic mass is 32.2. The standard InChI is InChI=1S/C22H29N3O3S/c1-16-5-9-20(10-6-16)29(27,28)25(4)21-15-18(8-7-17(21)2)22(26)23-19-11-13-24(3)14-12-19/h5-10,15,19H,11-14H2,1-4H3,(H,23,26). The van der Waals surface area contributed by atoms with Crippen molar-refractivity contribution in [1.29, 1.82) is 0 Å². The quantitative estimate of drug-likeness (QED) is 0.815. The fourth-order valence-corrected chi connectivity index (χ4v) is 4.76. The first-order valence-electron chi connectivity index (χ1n) is 9.84. The Morgan fingerprint density at radius 3 is 2.31 bits per heavy atom. The van der Waals surface area contributed by atoms with Crippen LogP contribution in [0.25, 0.3) is 0 Å². The highest BCUT2D eigenvalue weighted by molar-refractivity contribution is 7.92. The van der Waals surface area contributed by atoms with Crippen molar-refractivity contribution in [2.75, 3.05) is 31.5 Å². The number of carbonyl (C=O) groups is 1. The Kier molecular flexibility index (Phi) is 6.29. The van der Waals surface area contributed by atoms with Crippen LogP contribution in [0.1, 0.15) is 34.3 Å². The average Bonchev–Trinajstić information content (AvgIpc) is 2.70. The number of nitrogens with zero attached hydrogens (tertiary/aromatic N) is 2. The summed E-state index contributed by atoms with van der Waals surface area (Å²) in [4.78, 5) is 15.2. The summed E-state index contributed by atoms with van der Waals surface area (Å²) in [6.07, 6.45) is 1.84. The molecule has 0 aromatic heterocycles. The van der Waals surface area contributed by atoms with Crippen molar-refractivity contribution >= 4 is 21.6 Å². The molecule has 0 saturated carbocycles. The Morgan fingerprint density at radius 2 is 1.69 bits per heavy atom. The van der Waals surface area contributed by atoms with Gasteiger partial charge < -0.3 is 10.2 Å². The van der Waals surface area contributed by atoms with Gasteiger partial charge in [-0.2, -0.15) is 0 Å². The summed E-state index contributed by atoms with van der Waals surface area (Å²) >= 11 is 0. The van der Waals surface area contributed by atoms with Gasteiger partial charge in [-0.05, 0) is 76.7 Å². The van der Waals surface area contributed by atoms with Gasteiger partial charge in [-0.3, -0.25) is 9.10 Å². The molecule has 3 rings (SSSR count). The molecule has 0 bridgehead atoms. The molecule has 0 aliphatic carbocycles. The van der Waals surface area contributed by atoms with E-state index in [0.717, 1.165) is 37.1 Å². The second-order valence-electron chi connectivity index (χ2n) is 7.84. The van der Waals surface area contributed by atoms with E-state index in [-0.39, 0.29) is 16.8 Å². The summed E-state index contributed by atoms with van der Waals surface area (Å²) in [6.45, 7) is 5.68. The molecule has 1 amide bonds. The van der Waals surface area contributed by atoms with Gasteiger partial charge in [-0.1, -0.05) is 23.8 Å². The summed E-state index contributed by atoms with van der Waals surface area (Å²) < 4.78 is 27.3. The lowest BCUT2D eigenvalue weighted by Crippen LogP contribution is -2.43. The van der Waals surface area contributed by atoms with Crippen LogP contribution >= 0.6 is 0 Å². The number of anilines is 1. The largest absolute Gasteiger partial charge is 0.349 e. The third kappa shape index (κ3) is 4.79. The molecule has 1 aliphatic rings. The molecule has 0 unspecified atom stereocenters. The van der Waals surface area contributed by atoms with E-state index < -0.39 is 10.0 Å². The molecule has 1 N–H and O–H groups in total. The van der Waals surface area contributed by atoms with E-state index in [4.69, 9.17) is 0 Å². The summed E-state index contributed by atoms with van der Waals surface area (Å²) in [7, 11) is -0.109. The van der Waals surface area contributed by atoms with Crippen molar-refractivity contribution in [3.63, 3.8) is 0 Å². The van der Waals surface area contributed by atoms with Crippen molar-refractivity contribution in [2.24, 2.45) is 0 Å². The Labute approximate surface area is 173 Å². The fraction of sp³-hybridized carbons (Fsp3) is 0.409. The third-order valence-corrected chi connectivity index (χ3v) is 7.33. The van der Waals surface area contributed by atoms with Crippen molar-refractivity contribution in [2.45, 2.75) is 37.6 Å². The SMILES string of the molecule is Cc1ccc(S(=O)(=O)N(C)c2cc(C(=O)NC3CCN(C)CC3)ccc2C)cc1. The predicted molar refractivity (Wildman–Crippen MR) is 116 cm³/mol. The van der Waals surface area contributed by atoms with Crippen LogP contribution in [0, 0.1) is 13.8 Å². The van der Waals surface area contributed by atoms with E-state index >= 15 is 0 Å². The molecule has 0 spiro atoms. The van der Waals surface area contributed by atoms with Gasteiger partial charge >= 0.3 is 0 Å². The Balaban J connectivity index is 1.82. The van der Waals surface area contributed by atoms with Gasteiger partial charge in [0.05, 0.1) is 10.6 Å². The molecule has 2 aromatic carbocycles. The van der Waals surface area contributed by atoms with E-state index in [9.17, 15) is 13.2 Å². The van der Waals surface area contributed by atoms with Crippen LogP contribution in [0.5, 0.6) is 0 Å². The zero-order valence-corrected chi connectivity index (χ0v) is 18.3. The number of piperidine rings is 1. The number of rotatable bonds is 5. The van der Waals surface area contributed by atoms with Crippen LogP contribution < -0.4 is 9.62 Å². The summed E-state index contributed by atoms with van der Waals surface area (Å²) in [5.41, 5.74) is 2.76. The number of sulfonamides is 1. The van der Waals surface area contributed by atoms with Crippen LogP contribution in [0.4, 0.5) is 5.69 Å². The van der Waals surface area contributed by atoms with Gasteiger partial charge in [0, 0.05) is 18.7 Å². The van der Waals surface area contributed by atoms with Gasteiger partial charge in [-0.25, -0.2) is 8.42 Å². The van der Waals surface area contributed by atoms with Gasteiger partial charge in [0.2, 0.25) is 0 Å². The second kappa shape index (κ2) is 8.55. The van der Waals surface area contributed by atoms with E-state index in [1.165, 1.54) is 11.4 Å². The summed E-state index contributed by atoms with van der Waals surface area (Å²) in [5, 5.41) is 3.08. The molecule has 29 heavy (non-hydrogen) atoms. The highest BCUT2D eigenvalue weighted by Gasteiger charge is 2.24. The van der Waals surface area contributed by atoms with E-state index in [0.29, 0.717) is 11.3 Å². The van der Waals surface area contributed by atoms with Crippen molar-refractivity contribution < 1.29 is 13.2 Å². The molecule has 1 aliphatic heterocycles. The van der Waals surface area contributed by atoms with Crippen molar-refractivity contribution in [1.82, 2.24) is 10.2 Å². The number of likely N-dealkylation sites (tertiary alicyclic amines) is 1. The lowest BCUT2D eigenvalue weighted by Gasteiger charge is -2.29. The number of carbonyl (C=O) groups excluding carboxylic acids is 1. The molecular weight excluding hydrogens is 386 g/mol. The number of hydrogen-bond donors (Lipinski definition) is 1. The van der Waals surface area contributed by atoms with Gasteiger partial charge in [0.25, 0.3) is 15.9 Å². The predicted octanol–water partition coefficient (Wildman–Crippen LogP) is 2.95. The van der Waals surface area contributed by atoms with Gasteiger partial charge in [-0.15, -0.1) is 0 Å². The lowest BCUT2D eigenvalue weighted by molar-refractivity contribution is 0.0917. The Bertz CT molecular complexity index is 979. The monoisotopic (exact) mass is 415 g/mol. The van der Waals surface area contributed by atoms with Crippen LogP contribution in [0.15, 0.2) is 47.4 Å². The maximum atomic E-state index is 13.0. The van der Waals surface area contributed by atoms with Gasteiger partial charge in [0.15, 0.2) is 0 Å². The first kappa shape index (κ1) is 21.3. The maximum Gasteiger partial charge on any atom is 0.264 e.